The van der Waals surface area contributed by atoms with E-state index in [0.717, 1.165) is 25.2 Å². The van der Waals surface area contributed by atoms with Gasteiger partial charge in [-0.05, 0) is 32.1 Å². The van der Waals surface area contributed by atoms with Crippen LogP contribution in [0.2, 0.25) is 0 Å². The number of nitrogens with one attached hydrogen (secondary N) is 1. The third kappa shape index (κ3) is 3.55. The standard InChI is InChI=1S/C14H22N4/c1-17-7-2-8-18(10-9-17)11-12-3-5-13(6-4-12)14(15)16/h3-6H,2,7-11H2,1H3,(H3,15,16). The van der Waals surface area contributed by atoms with E-state index in [1.807, 2.05) is 12.1 Å². The van der Waals surface area contributed by atoms with Crippen LogP contribution in [0.4, 0.5) is 0 Å². The van der Waals surface area contributed by atoms with Crippen molar-refractivity contribution in [1.29, 1.82) is 5.41 Å². The Balaban J connectivity index is 1.94. The minimum Gasteiger partial charge on any atom is -0.384 e. The summed E-state index contributed by atoms with van der Waals surface area (Å²) in [5.74, 6) is 0.137. The van der Waals surface area contributed by atoms with Crippen LogP contribution in [0.5, 0.6) is 0 Å². The van der Waals surface area contributed by atoms with E-state index in [0.29, 0.717) is 0 Å². The first kappa shape index (κ1) is 13.1. The van der Waals surface area contributed by atoms with Crippen molar-refractivity contribution in [3.63, 3.8) is 0 Å². The second-order valence-corrected chi connectivity index (χ2v) is 5.04. The number of nitrogen functional groups attached to an aromatic ring is 1. The van der Waals surface area contributed by atoms with Crippen LogP contribution in [0, 0.1) is 5.41 Å². The molecule has 4 heteroatoms. The van der Waals surface area contributed by atoms with E-state index in [4.69, 9.17) is 11.1 Å². The highest BCUT2D eigenvalue weighted by Crippen LogP contribution is 2.09. The number of nitrogens with zero attached hydrogens (tertiary/aromatic N) is 2. The van der Waals surface area contributed by atoms with Gasteiger partial charge >= 0.3 is 0 Å². The van der Waals surface area contributed by atoms with E-state index in [1.165, 1.54) is 25.1 Å². The lowest BCUT2D eigenvalue weighted by molar-refractivity contribution is 0.269. The highest BCUT2D eigenvalue weighted by atomic mass is 15.2. The zero-order valence-corrected chi connectivity index (χ0v) is 11.0. The zero-order valence-electron chi connectivity index (χ0n) is 11.0. The quantitative estimate of drug-likeness (QED) is 0.620. The molecule has 1 fully saturated rings. The van der Waals surface area contributed by atoms with Crippen LogP contribution in [0.1, 0.15) is 17.5 Å². The van der Waals surface area contributed by atoms with E-state index < -0.39 is 0 Å². The fourth-order valence-corrected chi connectivity index (χ4v) is 2.31. The van der Waals surface area contributed by atoms with Gasteiger partial charge in [0.1, 0.15) is 5.84 Å². The average molecular weight is 246 g/mol. The molecule has 1 aliphatic rings. The maximum absolute atomic E-state index is 7.37. The lowest BCUT2D eigenvalue weighted by Crippen LogP contribution is -2.28. The first-order valence-electron chi connectivity index (χ1n) is 6.49. The summed E-state index contributed by atoms with van der Waals surface area (Å²) in [5.41, 5.74) is 7.55. The normalized spacial score (nSPS) is 18.5. The van der Waals surface area contributed by atoms with Crippen molar-refractivity contribution in [2.75, 3.05) is 33.2 Å². The number of amidine groups is 1. The Kier molecular flexibility index (Phi) is 4.33. The molecule has 1 aromatic carbocycles. The molecule has 1 aliphatic heterocycles. The highest BCUT2D eigenvalue weighted by Gasteiger charge is 2.12. The molecule has 0 atom stereocenters. The van der Waals surface area contributed by atoms with Crippen molar-refractivity contribution in [2.24, 2.45) is 5.73 Å². The summed E-state index contributed by atoms with van der Waals surface area (Å²) in [4.78, 5) is 4.88. The van der Waals surface area contributed by atoms with E-state index >= 15 is 0 Å². The lowest BCUT2D eigenvalue weighted by Gasteiger charge is -2.20. The number of likely N-dealkylation sites (N-methyl/N-ethyl adjacent to an activating group) is 1. The molecule has 1 aromatic rings. The molecule has 0 spiro atoms. The zero-order chi connectivity index (χ0) is 13.0. The Labute approximate surface area is 109 Å². The third-order valence-corrected chi connectivity index (χ3v) is 3.48. The lowest BCUT2D eigenvalue weighted by atomic mass is 10.1. The average Bonchev–Trinajstić information content (AvgIpc) is 2.55. The molecule has 3 N–H and O–H groups in total. The van der Waals surface area contributed by atoms with E-state index in [2.05, 4.69) is 29.0 Å². The van der Waals surface area contributed by atoms with Gasteiger partial charge in [-0.1, -0.05) is 24.3 Å². The van der Waals surface area contributed by atoms with Crippen LogP contribution >= 0.6 is 0 Å². The molecule has 0 saturated carbocycles. The summed E-state index contributed by atoms with van der Waals surface area (Å²) >= 11 is 0. The van der Waals surface area contributed by atoms with Crippen LogP contribution in [-0.2, 0) is 6.54 Å². The Bertz CT molecular complexity index is 399. The predicted octanol–water partition coefficient (Wildman–Crippen LogP) is 1.11. The molecule has 0 amide bonds. The van der Waals surface area contributed by atoms with Gasteiger partial charge in [0.2, 0.25) is 0 Å². The number of nitrogens with two attached hydrogens (primary N) is 1. The van der Waals surface area contributed by atoms with Gasteiger partial charge in [0.15, 0.2) is 0 Å². The van der Waals surface area contributed by atoms with Gasteiger partial charge in [0.05, 0.1) is 0 Å². The maximum atomic E-state index is 7.37. The largest absolute Gasteiger partial charge is 0.384 e. The summed E-state index contributed by atoms with van der Waals surface area (Å²) < 4.78 is 0. The van der Waals surface area contributed by atoms with Crippen LogP contribution in [0.15, 0.2) is 24.3 Å². The second kappa shape index (κ2) is 5.98. The van der Waals surface area contributed by atoms with E-state index in [9.17, 15) is 0 Å². The van der Waals surface area contributed by atoms with Gasteiger partial charge in [-0.2, -0.15) is 0 Å². The van der Waals surface area contributed by atoms with Gasteiger partial charge in [0.25, 0.3) is 0 Å². The summed E-state index contributed by atoms with van der Waals surface area (Å²) in [6.45, 7) is 5.63. The molecule has 0 aliphatic carbocycles. The summed E-state index contributed by atoms with van der Waals surface area (Å²) in [5, 5.41) is 7.37. The first-order chi connectivity index (χ1) is 8.65. The van der Waals surface area contributed by atoms with Crippen molar-refractivity contribution in [3.8, 4) is 0 Å². The summed E-state index contributed by atoms with van der Waals surface area (Å²) in [6, 6.07) is 8.01. The molecule has 1 heterocycles. The Morgan fingerprint density at radius 2 is 1.89 bits per heavy atom. The molecule has 0 aromatic heterocycles. The fraction of sp³-hybridized carbons (Fsp3) is 0.500. The number of rotatable bonds is 3. The third-order valence-electron chi connectivity index (χ3n) is 3.48. The number of hydrogen-bond donors (Lipinski definition) is 2. The van der Waals surface area contributed by atoms with Crippen LogP contribution in [0.3, 0.4) is 0 Å². The van der Waals surface area contributed by atoms with Crippen LogP contribution in [-0.4, -0.2) is 48.9 Å². The predicted molar refractivity (Wildman–Crippen MR) is 74.8 cm³/mol. The Morgan fingerprint density at radius 1 is 1.17 bits per heavy atom. The van der Waals surface area contributed by atoms with Crippen molar-refractivity contribution in [1.82, 2.24) is 9.80 Å². The topological polar surface area (TPSA) is 56.4 Å². The van der Waals surface area contributed by atoms with E-state index in [1.54, 1.807) is 0 Å². The Morgan fingerprint density at radius 3 is 2.56 bits per heavy atom. The SMILES string of the molecule is CN1CCCN(Cc2ccc(C(=N)N)cc2)CC1. The molecule has 1 saturated heterocycles. The molecule has 0 unspecified atom stereocenters. The van der Waals surface area contributed by atoms with Crippen molar-refractivity contribution in [3.05, 3.63) is 35.4 Å². The first-order valence-corrected chi connectivity index (χ1v) is 6.49. The molecule has 0 bridgehead atoms. The van der Waals surface area contributed by atoms with Crippen molar-refractivity contribution >= 4 is 5.84 Å². The number of hydrogen-bond acceptors (Lipinski definition) is 3. The Hall–Kier alpha value is -1.39. The maximum Gasteiger partial charge on any atom is 0.122 e. The molecule has 2 rings (SSSR count). The van der Waals surface area contributed by atoms with Crippen LogP contribution in [0.25, 0.3) is 0 Å². The minimum absolute atomic E-state index is 0.137. The molecule has 4 nitrogen and oxygen atoms in total. The van der Waals surface area contributed by atoms with Gasteiger partial charge in [0, 0.05) is 25.2 Å². The van der Waals surface area contributed by atoms with Crippen molar-refractivity contribution in [2.45, 2.75) is 13.0 Å². The minimum atomic E-state index is 0.137. The van der Waals surface area contributed by atoms with Crippen LogP contribution < -0.4 is 5.73 Å². The highest BCUT2D eigenvalue weighted by molar-refractivity contribution is 5.94. The molecular formula is C14H22N4. The summed E-state index contributed by atoms with van der Waals surface area (Å²) in [6.07, 6.45) is 1.24. The molecule has 18 heavy (non-hydrogen) atoms. The number of benzene rings is 1. The summed E-state index contributed by atoms with van der Waals surface area (Å²) in [7, 11) is 2.19. The smallest absolute Gasteiger partial charge is 0.122 e. The van der Waals surface area contributed by atoms with Gasteiger partial charge in [-0.3, -0.25) is 10.3 Å². The molecule has 98 valence electrons. The molecule has 0 radical (unpaired) electrons. The van der Waals surface area contributed by atoms with E-state index in [-0.39, 0.29) is 5.84 Å². The second-order valence-electron chi connectivity index (χ2n) is 5.04. The van der Waals surface area contributed by atoms with Crippen molar-refractivity contribution < 1.29 is 0 Å². The molecular weight excluding hydrogens is 224 g/mol. The fourth-order valence-electron chi connectivity index (χ4n) is 2.31. The monoisotopic (exact) mass is 246 g/mol. The van der Waals surface area contributed by atoms with Gasteiger partial charge in [-0.25, -0.2) is 0 Å². The van der Waals surface area contributed by atoms with Gasteiger partial charge < -0.3 is 10.6 Å². The van der Waals surface area contributed by atoms with Gasteiger partial charge in [-0.15, -0.1) is 0 Å².